The molecule has 1 aliphatic rings. The van der Waals surface area contributed by atoms with Crippen LogP contribution >= 0.6 is 57.5 Å². The second-order valence-corrected chi connectivity index (χ2v) is 14.3. The van der Waals surface area contributed by atoms with Gasteiger partial charge in [0.05, 0.1) is 40.0 Å². The van der Waals surface area contributed by atoms with Gasteiger partial charge in [-0.1, -0.05) is 53.7 Å². The van der Waals surface area contributed by atoms with E-state index in [1.54, 1.807) is 12.1 Å². The number of carboxylic acids is 1. The van der Waals surface area contributed by atoms with Crippen LogP contribution in [-0.4, -0.2) is 34.4 Å². The molecule has 1 aromatic carbocycles. The molecule has 0 saturated heterocycles. The SMILES string of the molecule is Cc1cccc(-c2nc(COC3CCCCC3OC(c3cc(CCl)sc3Cl)C(OCc3ccc(Cl)s3)C(=O)O)c(C)o2)c1. The summed E-state index contributed by atoms with van der Waals surface area (Å²) >= 11 is 21.4. The predicted molar refractivity (Wildman–Crippen MR) is 170 cm³/mol. The summed E-state index contributed by atoms with van der Waals surface area (Å²) < 4.78 is 26.0. The summed E-state index contributed by atoms with van der Waals surface area (Å²) in [4.78, 5) is 18.9. The fourth-order valence-electron chi connectivity index (χ4n) is 5.14. The van der Waals surface area contributed by atoms with Crippen LogP contribution in [0.4, 0.5) is 0 Å². The van der Waals surface area contributed by atoms with E-state index in [2.05, 4.69) is 0 Å². The largest absolute Gasteiger partial charge is 0.479 e. The average Bonchev–Trinajstić information content (AvgIpc) is 3.69. The summed E-state index contributed by atoms with van der Waals surface area (Å²) in [6.07, 6.45) is 0.367. The minimum atomic E-state index is -1.33. The van der Waals surface area contributed by atoms with E-state index in [1.165, 1.54) is 22.7 Å². The number of carboxylic acid groups (broad SMARTS) is 1. The van der Waals surface area contributed by atoms with E-state index in [0.29, 0.717) is 38.0 Å². The Hall–Kier alpha value is -1.95. The molecule has 4 aromatic rings. The molecule has 1 aliphatic carbocycles. The first kappa shape index (κ1) is 32.4. The van der Waals surface area contributed by atoms with Gasteiger partial charge in [0.1, 0.15) is 17.6 Å². The highest BCUT2D eigenvalue weighted by atomic mass is 35.5. The zero-order valence-electron chi connectivity index (χ0n) is 23.7. The molecule has 0 amide bonds. The monoisotopic (exact) mass is 683 g/mol. The maximum atomic E-state index is 12.6. The summed E-state index contributed by atoms with van der Waals surface area (Å²) in [6, 6.07) is 13.4. The van der Waals surface area contributed by atoms with E-state index >= 15 is 0 Å². The quantitative estimate of drug-likeness (QED) is 0.140. The van der Waals surface area contributed by atoms with Crippen molar-refractivity contribution >= 4 is 63.4 Å². The zero-order valence-corrected chi connectivity index (χ0v) is 27.6. The van der Waals surface area contributed by atoms with Crippen LogP contribution < -0.4 is 0 Å². The van der Waals surface area contributed by atoms with Gasteiger partial charge >= 0.3 is 5.97 Å². The Morgan fingerprint density at radius 1 is 1.07 bits per heavy atom. The molecule has 5 rings (SSSR count). The highest BCUT2D eigenvalue weighted by molar-refractivity contribution is 7.16. The van der Waals surface area contributed by atoms with Gasteiger partial charge in [0.15, 0.2) is 6.10 Å². The molecule has 0 aliphatic heterocycles. The summed E-state index contributed by atoms with van der Waals surface area (Å²) in [5.41, 5.74) is 3.28. The molecule has 0 spiro atoms. The van der Waals surface area contributed by atoms with E-state index in [1.807, 2.05) is 44.2 Å². The Kier molecular flexibility index (Phi) is 11.2. The van der Waals surface area contributed by atoms with E-state index in [4.69, 9.17) is 58.4 Å². The number of aryl methyl sites for hydroxylation is 2. The number of nitrogens with zero attached hydrogens (tertiary/aromatic N) is 1. The van der Waals surface area contributed by atoms with Gasteiger partial charge in [-0.15, -0.1) is 34.3 Å². The number of alkyl halides is 1. The number of benzene rings is 1. The molecule has 43 heavy (non-hydrogen) atoms. The van der Waals surface area contributed by atoms with E-state index in [0.717, 1.165) is 40.1 Å². The maximum absolute atomic E-state index is 12.6. The predicted octanol–water partition coefficient (Wildman–Crippen LogP) is 9.38. The van der Waals surface area contributed by atoms with Crippen LogP contribution in [0, 0.1) is 13.8 Å². The van der Waals surface area contributed by atoms with Crippen molar-refractivity contribution in [3.8, 4) is 11.5 Å². The second kappa shape index (κ2) is 14.9. The molecule has 230 valence electrons. The van der Waals surface area contributed by atoms with Crippen molar-refractivity contribution in [3.63, 3.8) is 0 Å². The topological polar surface area (TPSA) is 91.0 Å². The third-order valence-electron chi connectivity index (χ3n) is 7.31. The molecule has 7 nitrogen and oxygen atoms in total. The first-order valence-corrected chi connectivity index (χ1v) is 16.9. The number of halogens is 3. The molecular weight excluding hydrogens is 653 g/mol. The van der Waals surface area contributed by atoms with Crippen molar-refractivity contribution in [1.82, 2.24) is 4.98 Å². The molecule has 1 saturated carbocycles. The molecule has 3 heterocycles. The molecule has 4 unspecified atom stereocenters. The molecule has 3 aromatic heterocycles. The summed E-state index contributed by atoms with van der Waals surface area (Å²) in [5.74, 6) is 0.332. The van der Waals surface area contributed by atoms with Crippen LogP contribution in [-0.2, 0) is 38.1 Å². The minimum absolute atomic E-state index is 0.0671. The highest BCUT2D eigenvalue weighted by Gasteiger charge is 2.39. The summed E-state index contributed by atoms with van der Waals surface area (Å²) in [5, 5.41) is 10.3. The van der Waals surface area contributed by atoms with Crippen LogP contribution in [0.25, 0.3) is 11.5 Å². The minimum Gasteiger partial charge on any atom is -0.479 e. The molecule has 0 bridgehead atoms. The summed E-state index contributed by atoms with van der Waals surface area (Å²) in [7, 11) is 0. The molecule has 0 radical (unpaired) electrons. The smallest absolute Gasteiger partial charge is 0.335 e. The Bertz CT molecular complexity index is 1540. The van der Waals surface area contributed by atoms with E-state index in [-0.39, 0.29) is 31.3 Å². The highest BCUT2D eigenvalue weighted by Crippen LogP contribution is 2.40. The molecule has 4 atom stereocenters. The lowest BCUT2D eigenvalue weighted by Crippen LogP contribution is -2.40. The maximum Gasteiger partial charge on any atom is 0.335 e. The number of hydrogen-bond donors (Lipinski definition) is 1. The van der Waals surface area contributed by atoms with Gasteiger partial charge in [-0.25, -0.2) is 9.78 Å². The number of aromatic nitrogens is 1. The van der Waals surface area contributed by atoms with Gasteiger partial charge in [0, 0.05) is 20.9 Å². The molecule has 1 fully saturated rings. The van der Waals surface area contributed by atoms with Crippen LogP contribution in [0.5, 0.6) is 0 Å². The second-order valence-electron chi connectivity index (χ2n) is 10.5. The van der Waals surface area contributed by atoms with Gasteiger partial charge in [0.2, 0.25) is 5.89 Å². The fraction of sp³-hybridized carbons (Fsp3) is 0.419. The van der Waals surface area contributed by atoms with Gasteiger partial charge < -0.3 is 23.7 Å². The van der Waals surface area contributed by atoms with Crippen molar-refractivity contribution < 1.29 is 28.5 Å². The lowest BCUT2D eigenvalue weighted by atomic mass is 9.93. The Labute approximate surface area is 273 Å². The van der Waals surface area contributed by atoms with Crippen molar-refractivity contribution in [3.05, 3.63) is 83.5 Å². The van der Waals surface area contributed by atoms with Crippen molar-refractivity contribution in [2.75, 3.05) is 0 Å². The lowest BCUT2D eigenvalue weighted by Gasteiger charge is -2.35. The van der Waals surface area contributed by atoms with Crippen LogP contribution in [0.15, 0.2) is 46.9 Å². The van der Waals surface area contributed by atoms with E-state index < -0.39 is 18.2 Å². The van der Waals surface area contributed by atoms with Gasteiger partial charge in [-0.2, -0.15) is 0 Å². The van der Waals surface area contributed by atoms with Gasteiger partial charge in [0.25, 0.3) is 0 Å². The normalized spacial score (nSPS) is 18.5. The molecular formula is C31H32Cl3NO6S2. The number of thiophene rings is 2. The van der Waals surface area contributed by atoms with Crippen LogP contribution in [0.2, 0.25) is 8.67 Å². The van der Waals surface area contributed by atoms with Crippen molar-refractivity contribution in [2.24, 2.45) is 0 Å². The Morgan fingerprint density at radius 3 is 2.53 bits per heavy atom. The standard InChI is InChI=1S/C31H32Cl3NO6S2/c1-17-6-5-7-19(12-17)30-35-23(18(2)40-30)16-38-24-8-3-4-9-25(24)41-27(22-13-21(14-32)43-29(22)34)28(31(36)37)39-15-20-10-11-26(33)42-20/h5-7,10-13,24-25,27-28H,3-4,8-9,14-16H2,1-2H3,(H,36,37). The van der Waals surface area contributed by atoms with Crippen LogP contribution in [0.1, 0.15) is 64.1 Å². The van der Waals surface area contributed by atoms with E-state index in [9.17, 15) is 9.90 Å². The van der Waals surface area contributed by atoms with Gasteiger partial charge in [-0.3, -0.25) is 0 Å². The molecule has 12 heteroatoms. The average molecular weight is 685 g/mol. The summed E-state index contributed by atoms with van der Waals surface area (Å²) in [6.45, 7) is 4.21. The van der Waals surface area contributed by atoms with Crippen molar-refractivity contribution in [1.29, 1.82) is 0 Å². The molecule has 1 N–H and O–H groups in total. The Balaban J connectivity index is 1.35. The van der Waals surface area contributed by atoms with Crippen LogP contribution in [0.3, 0.4) is 0 Å². The number of ether oxygens (including phenoxy) is 3. The number of rotatable bonds is 13. The fourth-order valence-corrected chi connectivity index (χ4v) is 7.61. The number of carbonyl (C=O) groups is 1. The first-order valence-electron chi connectivity index (χ1n) is 13.9. The van der Waals surface area contributed by atoms with Gasteiger partial charge in [-0.05, 0) is 57.0 Å². The third-order valence-corrected chi connectivity index (χ3v) is 10.3. The Morgan fingerprint density at radius 2 is 1.86 bits per heavy atom. The number of oxazole rings is 1. The zero-order chi connectivity index (χ0) is 30.5. The lowest BCUT2D eigenvalue weighted by molar-refractivity contribution is -0.183. The number of aliphatic carboxylic acids is 1. The first-order chi connectivity index (χ1) is 20.7. The van der Waals surface area contributed by atoms with Crippen molar-refractivity contribution in [2.45, 2.75) is 83.0 Å². The third kappa shape index (κ3) is 8.21. The number of hydrogen-bond acceptors (Lipinski definition) is 8.